The maximum Gasteiger partial charge on any atom is 0.242 e. The van der Waals surface area contributed by atoms with E-state index in [2.05, 4.69) is 13.8 Å². The van der Waals surface area contributed by atoms with E-state index in [1.165, 1.54) is 4.31 Å². The molecule has 104 valence electrons. The Morgan fingerprint density at radius 3 is 2.00 bits per heavy atom. The van der Waals surface area contributed by atoms with Gasteiger partial charge in [-0.05, 0) is 30.0 Å². The van der Waals surface area contributed by atoms with E-state index in [0.717, 1.165) is 11.1 Å². The predicted octanol–water partition coefficient (Wildman–Crippen LogP) is 3.39. The summed E-state index contributed by atoms with van der Waals surface area (Å²) in [5.74, 6) is 0.330. The first-order chi connectivity index (χ1) is 8.26. The molecule has 0 saturated heterocycles. The van der Waals surface area contributed by atoms with Gasteiger partial charge >= 0.3 is 0 Å². The van der Waals surface area contributed by atoms with E-state index >= 15 is 0 Å². The molecule has 0 aliphatic carbocycles. The normalized spacial score (nSPS) is 11.4. The lowest BCUT2D eigenvalue weighted by Crippen LogP contribution is -2.23. The van der Waals surface area contributed by atoms with Gasteiger partial charge < -0.3 is 0 Å². The summed E-state index contributed by atoms with van der Waals surface area (Å²) in [6.45, 7) is 9.92. The van der Waals surface area contributed by atoms with Crippen LogP contribution in [-0.4, -0.2) is 26.8 Å². The summed E-state index contributed by atoms with van der Waals surface area (Å²) in [5.41, 5.74) is 1.84. The molecule has 0 unspecified atom stereocenters. The van der Waals surface area contributed by atoms with Gasteiger partial charge in [-0.25, -0.2) is 12.7 Å². The summed E-state index contributed by atoms with van der Waals surface area (Å²) in [4.78, 5) is 0.406. The van der Waals surface area contributed by atoms with Crippen molar-refractivity contribution < 1.29 is 8.42 Å². The van der Waals surface area contributed by atoms with Crippen molar-refractivity contribution in [1.82, 2.24) is 4.31 Å². The Kier molecular flexibility index (Phi) is 6.57. The number of nitrogens with zero attached hydrogens (tertiary/aromatic N) is 1. The van der Waals surface area contributed by atoms with E-state index in [0.29, 0.717) is 10.8 Å². The van der Waals surface area contributed by atoms with Crippen LogP contribution in [0.1, 0.15) is 44.7 Å². The molecule has 0 aliphatic rings. The second kappa shape index (κ2) is 6.90. The largest absolute Gasteiger partial charge is 0.242 e. The third-order valence-corrected chi connectivity index (χ3v) is 4.59. The molecule has 1 aromatic carbocycles. The summed E-state index contributed by atoms with van der Waals surface area (Å²) < 4.78 is 25.4. The molecule has 0 amide bonds. The number of sulfonamides is 1. The molecule has 0 atom stereocenters. The van der Waals surface area contributed by atoms with Gasteiger partial charge in [0.25, 0.3) is 0 Å². The highest BCUT2D eigenvalue weighted by atomic mass is 32.2. The zero-order valence-electron chi connectivity index (χ0n) is 12.5. The molecule has 0 radical (unpaired) electrons. The van der Waals surface area contributed by atoms with Crippen LogP contribution in [0, 0.1) is 6.92 Å². The van der Waals surface area contributed by atoms with E-state index in [-0.39, 0.29) is 0 Å². The first kappa shape index (κ1) is 17.1. The van der Waals surface area contributed by atoms with Gasteiger partial charge in [0.1, 0.15) is 0 Å². The summed E-state index contributed by atoms with van der Waals surface area (Å²) in [7, 11) is -0.225. The standard InChI is InChI=1S/C12H19NO2S.C2H6/c1-9(2)11-7-6-10(3)12(8-11)16(14,15)13(4)5;1-2/h6-9H,1-5H3;1-2H3. The van der Waals surface area contributed by atoms with Crippen molar-refractivity contribution in [2.45, 2.75) is 45.4 Å². The average molecular weight is 271 g/mol. The highest BCUT2D eigenvalue weighted by Crippen LogP contribution is 2.23. The Morgan fingerprint density at radius 2 is 1.61 bits per heavy atom. The Labute approximate surface area is 112 Å². The third kappa shape index (κ3) is 3.82. The Balaban J connectivity index is 0.00000137. The lowest BCUT2D eigenvalue weighted by atomic mass is 10.0. The summed E-state index contributed by atoms with van der Waals surface area (Å²) in [6, 6.07) is 5.62. The monoisotopic (exact) mass is 271 g/mol. The fraction of sp³-hybridized carbons (Fsp3) is 0.571. The minimum atomic E-state index is -3.33. The molecule has 0 aliphatic heterocycles. The van der Waals surface area contributed by atoms with E-state index in [9.17, 15) is 8.42 Å². The maximum absolute atomic E-state index is 12.1. The zero-order chi connectivity index (χ0) is 14.5. The molecule has 0 fully saturated rings. The second-order valence-electron chi connectivity index (χ2n) is 4.47. The van der Waals surface area contributed by atoms with Crippen LogP contribution >= 0.6 is 0 Å². The minimum absolute atomic E-state index is 0.330. The van der Waals surface area contributed by atoms with Crippen molar-refractivity contribution in [3.8, 4) is 0 Å². The fourth-order valence-corrected chi connectivity index (χ4v) is 2.60. The van der Waals surface area contributed by atoms with Gasteiger partial charge in [0.05, 0.1) is 4.90 Å². The number of rotatable bonds is 3. The van der Waals surface area contributed by atoms with E-state index in [4.69, 9.17) is 0 Å². The van der Waals surface area contributed by atoms with Gasteiger partial charge in [-0.1, -0.05) is 39.8 Å². The van der Waals surface area contributed by atoms with Crippen LogP contribution in [0.5, 0.6) is 0 Å². The molecule has 1 rings (SSSR count). The van der Waals surface area contributed by atoms with Crippen molar-refractivity contribution in [2.24, 2.45) is 0 Å². The first-order valence-electron chi connectivity index (χ1n) is 6.30. The summed E-state index contributed by atoms with van der Waals surface area (Å²) >= 11 is 0. The molecule has 0 bridgehead atoms. The maximum atomic E-state index is 12.1. The smallest absolute Gasteiger partial charge is 0.207 e. The molecule has 0 heterocycles. The molecule has 0 spiro atoms. The van der Waals surface area contributed by atoms with Gasteiger partial charge in [-0.2, -0.15) is 0 Å². The zero-order valence-corrected chi connectivity index (χ0v) is 13.3. The fourth-order valence-electron chi connectivity index (χ4n) is 1.45. The van der Waals surface area contributed by atoms with Crippen LogP contribution in [-0.2, 0) is 10.0 Å². The Morgan fingerprint density at radius 1 is 1.11 bits per heavy atom. The molecule has 3 nitrogen and oxygen atoms in total. The van der Waals surface area contributed by atoms with Crippen molar-refractivity contribution >= 4 is 10.0 Å². The molecule has 18 heavy (non-hydrogen) atoms. The summed E-state index contributed by atoms with van der Waals surface area (Å²) in [5, 5.41) is 0. The van der Waals surface area contributed by atoms with Gasteiger partial charge in [0.15, 0.2) is 0 Å². The molecule has 0 aromatic heterocycles. The molecule has 0 N–H and O–H groups in total. The van der Waals surface area contributed by atoms with E-state index < -0.39 is 10.0 Å². The van der Waals surface area contributed by atoms with Crippen molar-refractivity contribution in [2.75, 3.05) is 14.1 Å². The number of aryl methyl sites for hydroxylation is 1. The Hall–Kier alpha value is -0.870. The molecule has 4 heteroatoms. The highest BCUT2D eigenvalue weighted by molar-refractivity contribution is 7.89. The van der Waals surface area contributed by atoms with Crippen LogP contribution in [0.4, 0.5) is 0 Å². The van der Waals surface area contributed by atoms with E-state index in [1.54, 1.807) is 20.2 Å². The molecule has 1 aromatic rings. The predicted molar refractivity (Wildman–Crippen MR) is 77.5 cm³/mol. The number of hydrogen-bond acceptors (Lipinski definition) is 2. The first-order valence-corrected chi connectivity index (χ1v) is 7.74. The van der Waals surface area contributed by atoms with Gasteiger partial charge in [-0.15, -0.1) is 0 Å². The van der Waals surface area contributed by atoms with Crippen molar-refractivity contribution in [1.29, 1.82) is 0 Å². The van der Waals surface area contributed by atoms with Gasteiger partial charge in [0.2, 0.25) is 10.0 Å². The average Bonchev–Trinajstić information content (AvgIpc) is 2.31. The van der Waals surface area contributed by atoms with Crippen LogP contribution in [0.3, 0.4) is 0 Å². The minimum Gasteiger partial charge on any atom is -0.207 e. The summed E-state index contributed by atoms with van der Waals surface area (Å²) in [6.07, 6.45) is 0. The highest BCUT2D eigenvalue weighted by Gasteiger charge is 2.20. The topological polar surface area (TPSA) is 37.4 Å². The second-order valence-corrected chi connectivity index (χ2v) is 6.59. The van der Waals surface area contributed by atoms with Crippen LogP contribution in [0.2, 0.25) is 0 Å². The third-order valence-electron chi connectivity index (χ3n) is 2.64. The molecular formula is C14H25NO2S. The van der Waals surface area contributed by atoms with Crippen LogP contribution in [0.15, 0.2) is 23.1 Å². The van der Waals surface area contributed by atoms with Crippen molar-refractivity contribution in [3.05, 3.63) is 29.3 Å². The number of hydrogen-bond donors (Lipinski definition) is 0. The number of benzene rings is 1. The van der Waals surface area contributed by atoms with Crippen LogP contribution < -0.4 is 0 Å². The van der Waals surface area contributed by atoms with Crippen LogP contribution in [0.25, 0.3) is 0 Å². The molecule has 0 saturated carbocycles. The molecular weight excluding hydrogens is 246 g/mol. The SMILES string of the molecule is CC.Cc1ccc(C(C)C)cc1S(=O)(=O)N(C)C. The quantitative estimate of drug-likeness (QED) is 0.845. The van der Waals surface area contributed by atoms with Gasteiger partial charge in [0, 0.05) is 14.1 Å². The lowest BCUT2D eigenvalue weighted by molar-refractivity contribution is 0.520. The van der Waals surface area contributed by atoms with E-state index in [1.807, 2.05) is 32.9 Å². The van der Waals surface area contributed by atoms with Crippen molar-refractivity contribution in [3.63, 3.8) is 0 Å². The van der Waals surface area contributed by atoms with Gasteiger partial charge in [-0.3, -0.25) is 0 Å². The Bertz CT molecular complexity index is 477. The lowest BCUT2D eigenvalue weighted by Gasteiger charge is -2.15.